The lowest BCUT2D eigenvalue weighted by atomic mass is 9.43. The summed E-state index contributed by atoms with van der Waals surface area (Å²) in [7, 11) is -0.394. The molecular formula is C22H33BO5. The Hall–Kier alpha value is -0.715. The maximum absolute atomic E-state index is 13.7. The first-order valence-electron chi connectivity index (χ1n) is 11.2. The molecule has 0 radical (unpaired) electrons. The molecule has 28 heavy (non-hydrogen) atoms. The van der Waals surface area contributed by atoms with Crippen LogP contribution in [0.5, 0.6) is 0 Å². The zero-order valence-electron chi connectivity index (χ0n) is 17.4. The smallest absolute Gasteiger partial charge is 0.404 e. The fraction of sp³-hybridized carbons (Fsp3) is 0.909. The van der Waals surface area contributed by atoms with Crippen molar-refractivity contribution < 1.29 is 24.0 Å². The molecule has 5 rings (SSSR count). The van der Waals surface area contributed by atoms with E-state index in [0.717, 1.165) is 44.9 Å². The van der Waals surface area contributed by atoms with Gasteiger partial charge in [-0.15, -0.1) is 0 Å². The normalized spacial score (nSPS) is 53.7. The molecule has 1 aliphatic heterocycles. The molecule has 0 aromatic carbocycles. The highest BCUT2D eigenvalue weighted by atomic mass is 16.6. The van der Waals surface area contributed by atoms with E-state index < -0.39 is 18.1 Å². The minimum absolute atomic E-state index is 0.00411. The van der Waals surface area contributed by atoms with Crippen molar-refractivity contribution in [3.05, 3.63) is 0 Å². The van der Waals surface area contributed by atoms with E-state index in [4.69, 9.17) is 9.31 Å². The number of ketones is 2. The average Bonchev–Trinajstić information content (AvgIpc) is 2.91. The van der Waals surface area contributed by atoms with E-state index in [1.807, 2.05) is 6.82 Å². The predicted molar refractivity (Wildman–Crippen MR) is 105 cm³/mol. The number of aliphatic hydroxyl groups is 1. The fourth-order valence-electron chi connectivity index (χ4n) is 8.38. The lowest BCUT2D eigenvalue weighted by Gasteiger charge is -2.61. The molecule has 5 aliphatic rings. The standard InChI is InChI=1S/C22H33BO5/c1-20-8-6-14(24)10-13(20)4-5-15-16-7-9-22(18(26)12-27-23(3)28-22)21(16,2)11-17(25)19(15)20/h13-16,19,24H,4-12H2,1-3H3/t13-,14-,15+,16+,19-,20+,21+,22+/m1/s1. The summed E-state index contributed by atoms with van der Waals surface area (Å²) in [4.78, 5) is 26.7. The van der Waals surface area contributed by atoms with Crippen molar-refractivity contribution in [2.75, 3.05) is 6.61 Å². The summed E-state index contributed by atoms with van der Waals surface area (Å²) >= 11 is 0. The number of rotatable bonds is 0. The summed E-state index contributed by atoms with van der Waals surface area (Å²) in [6.45, 7) is 6.42. The first-order chi connectivity index (χ1) is 13.2. The van der Waals surface area contributed by atoms with E-state index in [2.05, 4.69) is 13.8 Å². The van der Waals surface area contributed by atoms with E-state index in [1.54, 1.807) is 0 Å². The van der Waals surface area contributed by atoms with Crippen molar-refractivity contribution in [2.24, 2.45) is 34.5 Å². The van der Waals surface area contributed by atoms with Crippen molar-refractivity contribution in [2.45, 2.75) is 83.7 Å². The van der Waals surface area contributed by atoms with E-state index in [-0.39, 0.29) is 29.8 Å². The van der Waals surface area contributed by atoms with Gasteiger partial charge >= 0.3 is 7.12 Å². The first kappa shape index (κ1) is 19.3. The van der Waals surface area contributed by atoms with Crippen LogP contribution in [0.4, 0.5) is 0 Å². The SMILES string of the molecule is CB1OCC(=O)[C@]2(CC[C@H]3[C@@H]4CC[C@@H]5C[C@H](O)CC[C@]5(C)[C@H]4C(=O)C[C@@]32C)O1. The second-order valence-corrected chi connectivity index (χ2v) is 10.8. The molecule has 5 fully saturated rings. The number of carbonyl (C=O) groups is 2. The van der Waals surface area contributed by atoms with Gasteiger partial charge in [0.2, 0.25) is 0 Å². The van der Waals surface area contributed by atoms with Gasteiger partial charge in [0.25, 0.3) is 0 Å². The van der Waals surface area contributed by atoms with Gasteiger partial charge in [-0.2, -0.15) is 0 Å². The van der Waals surface area contributed by atoms with Gasteiger partial charge in [0.1, 0.15) is 11.4 Å². The summed E-state index contributed by atoms with van der Waals surface area (Å²) in [6, 6.07) is 0. The second kappa shape index (κ2) is 6.15. The Labute approximate surface area is 168 Å². The Balaban J connectivity index is 1.51. The highest BCUT2D eigenvalue weighted by Crippen LogP contribution is 2.68. The molecule has 8 atom stereocenters. The third kappa shape index (κ3) is 2.31. The fourth-order valence-corrected chi connectivity index (χ4v) is 8.38. The van der Waals surface area contributed by atoms with Crippen molar-refractivity contribution in [1.29, 1.82) is 0 Å². The van der Waals surface area contributed by atoms with Crippen LogP contribution in [0.1, 0.15) is 65.2 Å². The third-order valence-corrected chi connectivity index (χ3v) is 9.71. The van der Waals surface area contributed by atoms with Crippen molar-refractivity contribution in [1.82, 2.24) is 0 Å². The van der Waals surface area contributed by atoms with Gasteiger partial charge in [-0.05, 0) is 74.9 Å². The third-order valence-electron chi connectivity index (χ3n) is 9.71. The number of fused-ring (bicyclic) bond motifs is 6. The Kier molecular flexibility index (Phi) is 4.23. The van der Waals surface area contributed by atoms with Gasteiger partial charge in [0, 0.05) is 17.8 Å². The molecule has 0 amide bonds. The molecule has 0 aromatic heterocycles. The van der Waals surface area contributed by atoms with Crippen molar-refractivity contribution in [3.63, 3.8) is 0 Å². The van der Waals surface area contributed by atoms with Crippen LogP contribution in [0.15, 0.2) is 0 Å². The Morgan fingerprint density at radius 3 is 2.68 bits per heavy atom. The molecule has 0 aromatic rings. The molecular weight excluding hydrogens is 355 g/mol. The van der Waals surface area contributed by atoms with Crippen LogP contribution in [0.2, 0.25) is 6.82 Å². The van der Waals surface area contributed by atoms with E-state index >= 15 is 0 Å². The van der Waals surface area contributed by atoms with Gasteiger partial charge < -0.3 is 14.4 Å². The first-order valence-corrected chi connectivity index (χ1v) is 11.2. The highest BCUT2D eigenvalue weighted by Gasteiger charge is 2.70. The molecule has 0 bridgehead atoms. The minimum Gasteiger partial charge on any atom is -0.404 e. The highest BCUT2D eigenvalue weighted by molar-refractivity contribution is 6.44. The molecule has 4 aliphatic carbocycles. The Morgan fingerprint density at radius 1 is 1.11 bits per heavy atom. The van der Waals surface area contributed by atoms with Crippen LogP contribution >= 0.6 is 0 Å². The largest absolute Gasteiger partial charge is 0.454 e. The lowest BCUT2D eigenvalue weighted by molar-refractivity contribution is -0.182. The van der Waals surface area contributed by atoms with Gasteiger partial charge in [0.15, 0.2) is 5.78 Å². The molecule has 154 valence electrons. The Bertz CT molecular complexity index is 711. The van der Waals surface area contributed by atoms with Gasteiger partial charge in [-0.3, -0.25) is 9.59 Å². The molecule has 1 N–H and O–H groups in total. The number of aliphatic hydroxyl groups excluding tert-OH is 1. The van der Waals surface area contributed by atoms with Crippen molar-refractivity contribution in [3.8, 4) is 0 Å². The summed E-state index contributed by atoms with van der Waals surface area (Å²) in [6.07, 6.45) is 6.66. The molecule has 6 heteroatoms. The topological polar surface area (TPSA) is 72.8 Å². The Morgan fingerprint density at radius 2 is 1.89 bits per heavy atom. The summed E-state index contributed by atoms with van der Waals surface area (Å²) in [5.41, 5.74) is -1.27. The quantitative estimate of drug-likeness (QED) is 0.646. The molecule has 1 saturated heterocycles. The molecule has 1 spiro atoms. The van der Waals surface area contributed by atoms with E-state index in [0.29, 0.717) is 30.0 Å². The molecule has 0 unspecified atom stereocenters. The van der Waals surface area contributed by atoms with Gasteiger partial charge in [0.05, 0.1) is 12.7 Å². The van der Waals surface area contributed by atoms with Crippen LogP contribution < -0.4 is 0 Å². The monoisotopic (exact) mass is 388 g/mol. The number of hydrogen-bond acceptors (Lipinski definition) is 5. The molecule has 1 heterocycles. The second-order valence-electron chi connectivity index (χ2n) is 10.8. The van der Waals surface area contributed by atoms with E-state index in [1.165, 1.54) is 0 Å². The van der Waals surface area contributed by atoms with Crippen molar-refractivity contribution >= 4 is 18.7 Å². The van der Waals surface area contributed by atoms with Gasteiger partial charge in [-0.25, -0.2) is 0 Å². The molecule has 5 nitrogen and oxygen atoms in total. The maximum atomic E-state index is 13.7. The summed E-state index contributed by atoms with van der Waals surface area (Å²) in [5.74, 6) is 1.60. The zero-order valence-corrected chi connectivity index (χ0v) is 17.4. The maximum Gasteiger partial charge on any atom is 0.454 e. The van der Waals surface area contributed by atoms with Crippen LogP contribution in [0, 0.1) is 34.5 Å². The van der Waals surface area contributed by atoms with Crippen LogP contribution in [-0.4, -0.2) is 42.1 Å². The van der Waals surface area contributed by atoms with Crippen LogP contribution in [0.3, 0.4) is 0 Å². The molecule has 4 saturated carbocycles. The number of carbonyl (C=O) groups excluding carboxylic acids is 2. The van der Waals surface area contributed by atoms with E-state index in [9.17, 15) is 14.7 Å². The predicted octanol–water partition coefficient (Wildman–Crippen LogP) is 3.04. The summed E-state index contributed by atoms with van der Waals surface area (Å²) in [5, 5.41) is 10.2. The minimum atomic E-state index is -0.851. The average molecular weight is 388 g/mol. The zero-order chi connectivity index (χ0) is 19.9. The van der Waals surface area contributed by atoms with Crippen LogP contribution in [0.25, 0.3) is 0 Å². The lowest BCUT2D eigenvalue weighted by Crippen LogP contribution is -2.65. The summed E-state index contributed by atoms with van der Waals surface area (Å²) < 4.78 is 11.7. The van der Waals surface area contributed by atoms with Gasteiger partial charge in [-0.1, -0.05) is 13.8 Å². The number of Topliss-reactive ketones (excluding diaryl/α,β-unsaturated/α-hetero) is 2. The number of hydrogen-bond donors (Lipinski definition) is 1. The van der Waals surface area contributed by atoms with Crippen LogP contribution in [-0.2, 0) is 18.9 Å².